The molecule has 0 aromatic rings. The molecule has 1 N–H and O–H groups in total. The molecular weight excluding hydrogens is 320 g/mol. The standard InChI is InChI=1S/C20H28O5/c1-10-11-4-5-12-19(8-11,15(10)21)17(23)25-13-6-7-18(2,3)14-16(22)24-9-20(12,13)14/h10-14,16,22H,4-9H2,1-3H3/t10-,11-,12-,13+,14-,16-,19+,20-/m1/s1. The van der Waals surface area contributed by atoms with E-state index in [2.05, 4.69) is 13.8 Å². The maximum Gasteiger partial charge on any atom is 0.320 e. The van der Waals surface area contributed by atoms with Crippen LogP contribution in [0, 0.1) is 39.9 Å². The Morgan fingerprint density at radius 2 is 1.92 bits per heavy atom. The minimum atomic E-state index is -0.988. The molecule has 138 valence electrons. The predicted molar refractivity (Wildman–Crippen MR) is 88.2 cm³/mol. The Bertz CT molecular complexity index is 656. The van der Waals surface area contributed by atoms with Crippen molar-refractivity contribution in [3.63, 3.8) is 0 Å². The number of rotatable bonds is 0. The Labute approximate surface area is 148 Å². The van der Waals surface area contributed by atoms with Gasteiger partial charge in [0.2, 0.25) is 0 Å². The van der Waals surface area contributed by atoms with Gasteiger partial charge in [0.05, 0.1) is 6.61 Å². The summed E-state index contributed by atoms with van der Waals surface area (Å²) in [6.07, 6.45) is 3.12. The van der Waals surface area contributed by atoms with E-state index in [1.807, 2.05) is 6.92 Å². The summed E-state index contributed by atoms with van der Waals surface area (Å²) in [5.74, 6) is -0.108. The van der Waals surface area contributed by atoms with Crippen LogP contribution in [0.2, 0.25) is 0 Å². The molecule has 5 nitrogen and oxygen atoms in total. The van der Waals surface area contributed by atoms with Crippen molar-refractivity contribution in [3.8, 4) is 0 Å². The van der Waals surface area contributed by atoms with Crippen LogP contribution in [-0.2, 0) is 19.1 Å². The van der Waals surface area contributed by atoms with Crippen molar-refractivity contribution < 1.29 is 24.2 Å². The van der Waals surface area contributed by atoms with Crippen LogP contribution in [0.3, 0.4) is 0 Å². The molecule has 0 aromatic carbocycles. The fraction of sp³-hybridized carbons (Fsp3) is 0.900. The zero-order chi connectivity index (χ0) is 17.8. The molecule has 8 atom stereocenters. The Kier molecular flexibility index (Phi) is 3.03. The first-order valence-corrected chi connectivity index (χ1v) is 9.80. The first-order valence-electron chi connectivity index (χ1n) is 9.80. The average molecular weight is 348 g/mol. The third kappa shape index (κ3) is 1.64. The lowest BCUT2D eigenvalue weighted by molar-refractivity contribution is -0.236. The van der Waals surface area contributed by atoms with Gasteiger partial charge >= 0.3 is 5.97 Å². The van der Waals surface area contributed by atoms with Gasteiger partial charge in [-0.3, -0.25) is 9.59 Å². The molecule has 2 bridgehead atoms. The van der Waals surface area contributed by atoms with Crippen molar-refractivity contribution in [3.05, 3.63) is 0 Å². The van der Waals surface area contributed by atoms with E-state index >= 15 is 0 Å². The van der Waals surface area contributed by atoms with Crippen LogP contribution in [-0.4, -0.2) is 35.9 Å². The van der Waals surface area contributed by atoms with E-state index in [0.717, 1.165) is 25.7 Å². The number of aliphatic hydroxyl groups is 1. The van der Waals surface area contributed by atoms with Gasteiger partial charge in [-0.15, -0.1) is 0 Å². The SMILES string of the molecule is C[C@H]1C(=O)[C@]23C[C@H]1CC[C@H]2[C@@]12CO[C@@H](O)[C@@H]1C(C)(C)CC[C@@H]2OC3=O. The summed E-state index contributed by atoms with van der Waals surface area (Å²) in [4.78, 5) is 26.4. The van der Waals surface area contributed by atoms with E-state index in [-0.39, 0.29) is 41.0 Å². The monoisotopic (exact) mass is 348 g/mol. The quantitative estimate of drug-likeness (QED) is 0.537. The number of ketones is 1. The normalized spacial score (nSPS) is 56.0. The highest BCUT2D eigenvalue weighted by molar-refractivity contribution is 6.07. The van der Waals surface area contributed by atoms with Gasteiger partial charge in [0.15, 0.2) is 12.1 Å². The van der Waals surface area contributed by atoms with Crippen molar-refractivity contribution in [2.24, 2.45) is 39.9 Å². The highest BCUT2D eigenvalue weighted by Crippen LogP contribution is 2.71. The number of carbonyl (C=O) groups is 2. The minimum absolute atomic E-state index is 0.0540. The van der Waals surface area contributed by atoms with Crippen LogP contribution in [0.4, 0.5) is 0 Å². The molecule has 2 heterocycles. The topological polar surface area (TPSA) is 72.8 Å². The van der Waals surface area contributed by atoms with Crippen LogP contribution >= 0.6 is 0 Å². The number of fused-ring (bicyclic) bond motifs is 1. The number of Topliss-reactive ketones (excluding diaryl/α,β-unsaturated/α-hetero) is 1. The minimum Gasteiger partial charge on any atom is -0.461 e. The molecule has 0 aromatic heterocycles. The number of esters is 1. The molecule has 5 fully saturated rings. The van der Waals surface area contributed by atoms with Crippen LogP contribution in [0.5, 0.6) is 0 Å². The lowest BCUT2D eigenvalue weighted by Crippen LogP contribution is -2.68. The zero-order valence-electron chi connectivity index (χ0n) is 15.3. The van der Waals surface area contributed by atoms with Gasteiger partial charge in [0.25, 0.3) is 0 Å². The van der Waals surface area contributed by atoms with Crippen molar-refractivity contribution in [2.45, 2.75) is 65.3 Å². The molecule has 0 radical (unpaired) electrons. The Balaban J connectivity index is 1.70. The second-order valence-electron chi connectivity index (χ2n) is 9.93. The molecule has 2 spiro atoms. The number of ether oxygens (including phenoxy) is 2. The molecule has 5 rings (SSSR count). The fourth-order valence-corrected chi connectivity index (χ4v) is 7.62. The van der Waals surface area contributed by atoms with E-state index in [1.165, 1.54) is 0 Å². The van der Waals surface area contributed by atoms with Crippen LogP contribution in [0.25, 0.3) is 0 Å². The van der Waals surface area contributed by atoms with Gasteiger partial charge in [0, 0.05) is 17.3 Å². The van der Waals surface area contributed by atoms with Crippen molar-refractivity contribution in [2.75, 3.05) is 6.61 Å². The maximum atomic E-state index is 13.3. The van der Waals surface area contributed by atoms with E-state index in [4.69, 9.17) is 9.47 Å². The van der Waals surface area contributed by atoms with Gasteiger partial charge in [0.1, 0.15) is 11.5 Å². The molecule has 3 saturated carbocycles. The molecule has 3 aliphatic carbocycles. The zero-order valence-corrected chi connectivity index (χ0v) is 15.3. The van der Waals surface area contributed by atoms with Gasteiger partial charge < -0.3 is 14.6 Å². The lowest BCUT2D eigenvalue weighted by Gasteiger charge is -2.61. The number of carbonyl (C=O) groups excluding carboxylic acids is 2. The Hall–Kier alpha value is -0.940. The molecule has 0 amide bonds. The number of hydrogen-bond donors (Lipinski definition) is 1. The summed E-state index contributed by atoms with van der Waals surface area (Å²) in [5.41, 5.74) is -1.50. The van der Waals surface area contributed by atoms with Gasteiger partial charge in [-0.1, -0.05) is 20.8 Å². The van der Waals surface area contributed by atoms with Crippen LogP contribution in [0.1, 0.15) is 52.9 Å². The largest absolute Gasteiger partial charge is 0.461 e. The maximum absolute atomic E-state index is 13.3. The van der Waals surface area contributed by atoms with Gasteiger partial charge in [-0.25, -0.2) is 0 Å². The first-order chi connectivity index (χ1) is 11.7. The third-order valence-corrected chi connectivity index (χ3v) is 8.69. The summed E-state index contributed by atoms with van der Waals surface area (Å²) < 4.78 is 11.8. The van der Waals surface area contributed by atoms with E-state index < -0.39 is 17.1 Å². The highest BCUT2D eigenvalue weighted by Gasteiger charge is 2.77. The van der Waals surface area contributed by atoms with Crippen molar-refractivity contribution in [1.82, 2.24) is 0 Å². The van der Waals surface area contributed by atoms with E-state index in [1.54, 1.807) is 0 Å². The first kappa shape index (κ1) is 16.2. The van der Waals surface area contributed by atoms with E-state index in [0.29, 0.717) is 18.9 Å². The summed E-state index contributed by atoms with van der Waals surface area (Å²) in [6, 6.07) is 0. The van der Waals surface area contributed by atoms with Gasteiger partial charge in [-0.05, 0) is 49.4 Å². The molecule has 25 heavy (non-hydrogen) atoms. The number of aliphatic hydroxyl groups excluding tert-OH is 1. The van der Waals surface area contributed by atoms with Gasteiger partial charge in [-0.2, -0.15) is 0 Å². The second-order valence-corrected chi connectivity index (χ2v) is 9.93. The third-order valence-electron chi connectivity index (χ3n) is 8.69. The van der Waals surface area contributed by atoms with Crippen LogP contribution in [0.15, 0.2) is 0 Å². The Morgan fingerprint density at radius 1 is 1.16 bits per heavy atom. The highest BCUT2D eigenvalue weighted by atomic mass is 16.6. The summed E-state index contributed by atoms with van der Waals surface area (Å²) in [5, 5.41) is 10.7. The summed E-state index contributed by atoms with van der Waals surface area (Å²) in [7, 11) is 0. The van der Waals surface area contributed by atoms with Crippen molar-refractivity contribution in [1.29, 1.82) is 0 Å². The molecular formula is C20H28O5. The summed E-state index contributed by atoms with van der Waals surface area (Å²) in [6.45, 7) is 6.74. The van der Waals surface area contributed by atoms with E-state index in [9.17, 15) is 14.7 Å². The smallest absolute Gasteiger partial charge is 0.320 e. The number of hydrogen-bond acceptors (Lipinski definition) is 5. The molecule has 2 aliphatic heterocycles. The predicted octanol–water partition coefficient (Wildman–Crippen LogP) is 2.30. The molecule has 0 unspecified atom stereocenters. The molecule has 5 aliphatic rings. The second kappa shape index (κ2) is 4.66. The molecule has 2 saturated heterocycles. The van der Waals surface area contributed by atoms with Crippen LogP contribution < -0.4 is 0 Å². The average Bonchev–Trinajstić information content (AvgIpc) is 3.01. The Morgan fingerprint density at radius 3 is 2.68 bits per heavy atom. The fourth-order valence-electron chi connectivity index (χ4n) is 7.62. The van der Waals surface area contributed by atoms with Crippen molar-refractivity contribution >= 4 is 11.8 Å². The lowest BCUT2D eigenvalue weighted by atomic mass is 9.44. The molecule has 5 heteroatoms. The summed E-state index contributed by atoms with van der Waals surface area (Å²) >= 11 is 0.